The van der Waals surface area contributed by atoms with Gasteiger partial charge >= 0.3 is 0 Å². The molecule has 3 rings (SSSR count). The molecule has 1 aliphatic heterocycles. The van der Waals surface area contributed by atoms with Crippen LogP contribution in [0.15, 0.2) is 22.7 Å². The van der Waals surface area contributed by atoms with Gasteiger partial charge < -0.3 is 10.6 Å². The third-order valence-electron chi connectivity index (χ3n) is 4.00. The summed E-state index contributed by atoms with van der Waals surface area (Å²) in [5.41, 5.74) is 1.00. The summed E-state index contributed by atoms with van der Waals surface area (Å²) in [4.78, 5) is 16.5. The highest BCUT2D eigenvalue weighted by Crippen LogP contribution is 2.25. The van der Waals surface area contributed by atoms with Gasteiger partial charge in [0, 0.05) is 23.9 Å². The summed E-state index contributed by atoms with van der Waals surface area (Å²) < 4.78 is 2.21. The van der Waals surface area contributed by atoms with Crippen molar-refractivity contribution >= 4 is 43.4 Å². The summed E-state index contributed by atoms with van der Waals surface area (Å²) in [6.45, 7) is 3.00. The number of rotatable bonds is 6. The molecule has 1 aromatic heterocycles. The number of carbonyl (C=O) groups is 1. The van der Waals surface area contributed by atoms with E-state index in [2.05, 4.69) is 37.6 Å². The number of aryl methyl sites for hydroxylation is 1. The number of amides is 1. The number of carbonyl (C=O) groups excluding carboxylic acids is 1. The van der Waals surface area contributed by atoms with E-state index < -0.39 is 0 Å². The zero-order valence-corrected chi connectivity index (χ0v) is 14.8. The Labute approximate surface area is 142 Å². The number of aromatic nitrogens is 1. The minimum atomic E-state index is 0.131. The van der Waals surface area contributed by atoms with E-state index in [4.69, 9.17) is 0 Å². The van der Waals surface area contributed by atoms with E-state index in [1.807, 2.05) is 12.1 Å². The first kappa shape index (κ1) is 15.9. The highest BCUT2D eigenvalue weighted by Gasteiger charge is 2.14. The quantitative estimate of drug-likeness (QED) is 0.807. The molecule has 0 saturated carbocycles. The van der Waals surface area contributed by atoms with Crippen molar-refractivity contribution in [3.63, 3.8) is 0 Å². The highest BCUT2D eigenvalue weighted by molar-refractivity contribution is 9.10. The summed E-state index contributed by atoms with van der Waals surface area (Å²) in [7, 11) is 0. The molecule has 2 aromatic rings. The molecule has 1 unspecified atom stereocenters. The van der Waals surface area contributed by atoms with Crippen LogP contribution in [0.4, 0.5) is 0 Å². The van der Waals surface area contributed by atoms with Crippen molar-refractivity contribution in [1.29, 1.82) is 0 Å². The lowest BCUT2D eigenvalue weighted by Gasteiger charge is -2.08. The molecule has 1 aromatic carbocycles. The molecule has 0 radical (unpaired) electrons. The molecule has 6 heteroatoms. The zero-order chi connectivity index (χ0) is 15.4. The molecule has 4 nitrogen and oxygen atoms in total. The first-order valence-electron chi connectivity index (χ1n) is 7.73. The molecule has 1 aliphatic rings. The number of nitrogens with zero attached hydrogens (tertiary/aromatic N) is 1. The predicted octanol–water partition coefficient (Wildman–Crippen LogP) is 3.11. The number of nitrogens with one attached hydrogen (secondary N) is 2. The van der Waals surface area contributed by atoms with Gasteiger partial charge in [0.1, 0.15) is 0 Å². The van der Waals surface area contributed by atoms with Gasteiger partial charge in [-0.1, -0.05) is 15.9 Å². The van der Waals surface area contributed by atoms with E-state index in [-0.39, 0.29) is 5.91 Å². The Bertz CT molecular complexity index is 652. The van der Waals surface area contributed by atoms with E-state index in [1.165, 1.54) is 11.1 Å². The van der Waals surface area contributed by atoms with Gasteiger partial charge in [-0.05, 0) is 50.0 Å². The van der Waals surface area contributed by atoms with Crippen LogP contribution < -0.4 is 10.6 Å². The minimum absolute atomic E-state index is 0.131. The average molecular weight is 382 g/mol. The number of hydrogen-bond acceptors (Lipinski definition) is 4. The molecular weight excluding hydrogens is 362 g/mol. The van der Waals surface area contributed by atoms with Crippen LogP contribution in [-0.4, -0.2) is 30.5 Å². The van der Waals surface area contributed by atoms with Crippen LogP contribution in [0.3, 0.4) is 0 Å². The van der Waals surface area contributed by atoms with E-state index >= 15 is 0 Å². The van der Waals surface area contributed by atoms with Gasteiger partial charge in [-0.3, -0.25) is 4.79 Å². The van der Waals surface area contributed by atoms with Crippen molar-refractivity contribution in [2.45, 2.75) is 25.7 Å². The fraction of sp³-hybridized carbons (Fsp3) is 0.500. The fourth-order valence-corrected chi connectivity index (χ4v) is 4.04. The monoisotopic (exact) mass is 381 g/mol. The first-order chi connectivity index (χ1) is 10.7. The van der Waals surface area contributed by atoms with E-state index in [1.54, 1.807) is 11.3 Å². The number of hydrogen-bond donors (Lipinski definition) is 2. The summed E-state index contributed by atoms with van der Waals surface area (Å²) >= 11 is 5.13. The second kappa shape index (κ2) is 7.53. The molecule has 1 atom stereocenters. The molecule has 1 amide bonds. The molecule has 118 valence electrons. The standard InChI is InChI=1S/C16H20BrN3OS/c17-12-1-2-14-13(9-12)20-16(22-14)4-3-15(21)19-8-6-11-5-7-18-10-11/h1-2,9,11,18H,3-8,10H2,(H,19,21). The molecule has 0 bridgehead atoms. The van der Waals surface area contributed by atoms with Crippen molar-refractivity contribution < 1.29 is 4.79 Å². The van der Waals surface area contributed by atoms with E-state index in [9.17, 15) is 4.79 Å². The van der Waals surface area contributed by atoms with Crippen molar-refractivity contribution in [2.75, 3.05) is 19.6 Å². The maximum atomic E-state index is 11.9. The molecule has 0 spiro atoms. The van der Waals surface area contributed by atoms with Crippen LogP contribution in [0.2, 0.25) is 0 Å². The van der Waals surface area contributed by atoms with Gasteiger partial charge in [0.2, 0.25) is 5.91 Å². The number of fused-ring (bicyclic) bond motifs is 1. The third kappa shape index (κ3) is 4.27. The summed E-state index contributed by atoms with van der Waals surface area (Å²) in [5, 5.41) is 7.41. The SMILES string of the molecule is O=C(CCc1nc2cc(Br)ccc2s1)NCCC1CCNC1. The summed E-state index contributed by atoms with van der Waals surface area (Å²) in [6.07, 6.45) is 3.54. The number of halogens is 1. The Kier molecular flexibility index (Phi) is 5.44. The topological polar surface area (TPSA) is 54.0 Å². The van der Waals surface area contributed by atoms with Crippen molar-refractivity contribution in [3.05, 3.63) is 27.7 Å². The second-order valence-electron chi connectivity index (χ2n) is 5.72. The van der Waals surface area contributed by atoms with Gasteiger partial charge in [0.05, 0.1) is 15.2 Å². The van der Waals surface area contributed by atoms with Gasteiger partial charge in [-0.15, -0.1) is 11.3 Å². The molecule has 1 saturated heterocycles. The lowest BCUT2D eigenvalue weighted by molar-refractivity contribution is -0.121. The molecule has 1 fully saturated rings. The maximum Gasteiger partial charge on any atom is 0.220 e. The van der Waals surface area contributed by atoms with Gasteiger partial charge in [0.25, 0.3) is 0 Å². The van der Waals surface area contributed by atoms with E-state index in [0.717, 1.165) is 47.0 Å². The molecular formula is C16H20BrN3OS. The lowest BCUT2D eigenvalue weighted by atomic mass is 10.1. The maximum absolute atomic E-state index is 11.9. The Hall–Kier alpha value is -0.980. The van der Waals surface area contributed by atoms with Crippen LogP contribution in [0.5, 0.6) is 0 Å². The molecule has 22 heavy (non-hydrogen) atoms. The van der Waals surface area contributed by atoms with E-state index in [0.29, 0.717) is 12.8 Å². The van der Waals surface area contributed by atoms with Crippen LogP contribution in [0.25, 0.3) is 10.2 Å². The van der Waals surface area contributed by atoms with Gasteiger partial charge in [-0.25, -0.2) is 4.98 Å². The smallest absolute Gasteiger partial charge is 0.220 e. The predicted molar refractivity (Wildman–Crippen MR) is 94.2 cm³/mol. The average Bonchev–Trinajstić information content (AvgIpc) is 3.13. The van der Waals surface area contributed by atoms with Crippen molar-refractivity contribution in [3.8, 4) is 0 Å². The fourth-order valence-electron chi connectivity index (χ4n) is 2.74. The summed E-state index contributed by atoms with van der Waals surface area (Å²) in [6, 6.07) is 6.11. The normalized spacial score (nSPS) is 18.0. The van der Waals surface area contributed by atoms with Crippen LogP contribution in [0.1, 0.15) is 24.3 Å². The van der Waals surface area contributed by atoms with Crippen molar-refractivity contribution in [1.82, 2.24) is 15.6 Å². The minimum Gasteiger partial charge on any atom is -0.356 e. The molecule has 2 heterocycles. The second-order valence-corrected chi connectivity index (χ2v) is 7.75. The summed E-state index contributed by atoms with van der Waals surface area (Å²) in [5.74, 6) is 0.856. The first-order valence-corrected chi connectivity index (χ1v) is 9.34. The van der Waals surface area contributed by atoms with Crippen molar-refractivity contribution in [2.24, 2.45) is 5.92 Å². The Morgan fingerprint density at radius 1 is 1.50 bits per heavy atom. The van der Waals surface area contributed by atoms with Gasteiger partial charge in [0.15, 0.2) is 0 Å². The third-order valence-corrected chi connectivity index (χ3v) is 5.59. The molecule has 0 aliphatic carbocycles. The Morgan fingerprint density at radius 2 is 2.41 bits per heavy atom. The number of benzene rings is 1. The Balaban J connectivity index is 1.43. The van der Waals surface area contributed by atoms with Gasteiger partial charge in [-0.2, -0.15) is 0 Å². The zero-order valence-electron chi connectivity index (χ0n) is 12.4. The van der Waals surface area contributed by atoms with Crippen LogP contribution in [-0.2, 0) is 11.2 Å². The Morgan fingerprint density at radius 3 is 3.23 bits per heavy atom. The van der Waals surface area contributed by atoms with Crippen LogP contribution >= 0.6 is 27.3 Å². The van der Waals surface area contributed by atoms with Crippen LogP contribution in [0, 0.1) is 5.92 Å². The highest BCUT2D eigenvalue weighted by atomic mass is 79.9. The largest absolute Gasteiger partial charge is 0.356 e. The number of thiazole rings is 1. The molecule has 2 N–H and O–H groups in total. The lowest BCUT2D eigenvalue weighted by Crippen LogP contribution is -2.26.